The highest BCUT2D eigenvalue weighted by molar-refractivity contribution is 5.86. The molecule has 0 aliphatic carbocycles. The molecule has 7 heteroatoms. The third kappa shape index (κ3) is 6.14. The molecule has 3 aliphatic heterocycles. The zero-order valence-electron chi connectivity index (χ0n) is 26.1. The van der Waals surface area contributed by atoms with Crippen LogP contribution in [0.4, 0.5) is 5.69 Å². The number of piperidine rings is 1. The summed E-state index contributed by atoms with van der Waals surface area (Å²) >= 11 is 0. The zero-order valence-corrected chi connectivity index (χ0v) is 26.1. The van der Waals surface area contributed by atoms with Crippen LogP contribution in [0.25, 0.3) is 27.9 Å². The Kier molecular flexibility index (Phi) is 8.19. The maximum absolute atomic E-state index is 12.6. The van der Waals surface area contributed by atoms with Crippen molar-refractivity contribution in [3.05, 3.63) is 71.4 Å². The van der Waals surface area contributed by atoms with E-state index in [4.69, 9.17) is 19.3 Å². The second kappa shape index (κ2) is 12.0. The Morgan fingerprint density at radius 3 is 2.67 bits per heavy atom. The summed E-state index contributed by atoms with van der Waals surface area (Å²) in [6.45, 7) is 11.8. The molecule has 6 bridgehead atoms. The van der Waals surface area contributed by atoms with Crippen molar-refractivity contribution in [2.24, 2.45) is 5.92 Å². The van der Waals surface area contributed by atoms with Crippen molar-refractivity contribution in [3.8, 4) is 28.1 Å². The molecule has 1 atom stereocenters. The van der Waals surface area contributed by atoms with Crippen LogP contribution in [0, 0.1) is 19.8 Å². The number of rotatable bonds is 2. The largest absolute Gasteiger partial charge is 0.493 e. The van der Waals surface area contributed by atoms with Crippen molar-refractivity contribution in [1.82, 2.24) is 9.61 Å². The lowest BCUT2D eigenvalue weighted by atomic mass is 9.91. The van der Waals surface area contributed by atoms with E-state index in [1.807, 2.05) is 10.7 Å². The number of methoxy groups -OCH3 is 1. The molecule has 2 aromatic carbocycles. The van der Waals surface area contributed by atoms with Crippen molar-refractivity contribution >= 4 is 17.2 Å². The minimum atomic E-state index is -0.238. The highest BCUT2D eigenvalue weighted by Crippen LogP contribution is 2.38. The van der Waals surface area contributed by atoms with E-state index in [1.165, 1.54) is 12.7 Å². The maximum Gasteiger partial charge on any atom is 0.310 e. The molecule has 0 N–H and O–H groups in total. The first-order valence-electron chi connectivity index (χ1n) is 15.5. The monoisotopic (exact) mass is 581 g/mol. The molecule has 0 spiro atoms. The molecule has 2 aromatic heterocycles. The first-order chi connectivity index (χ1) is 20.7. The summed E-state index contributed by atoms with van der Waals surface area (Å²) in [6, 6.07) is 17.1. The van der Waals surface area contributed by atoms with E-state index in [2.05, 4.69) is 81.1 Å². The summed E-state index contributed by atoms with van der Waals surface area (Å²) in [5.74, 6) is 1.08. The van der Waals surface area contributed by atoms with Gasteiger partial charge in [0.15, 0.2) is 0 Å². The number of esters is 1. The Labute approximate surface area is 254 Å². The SMILES string of the molecule is COC(=O)Cc1c(C)cn2nc3cc2c1N1CCC(C)(CC1)OCCCC(C)COc1ccc(C)cc1-c1cccc-3c1. The summed E-state index contributed by atoms with van der Waals surface area (Å²) in [5, 5.41) is 5.06. The number of anilines is 1. The lowest BCUT2D eigenvalue weighted by Crippen LogP contribution is -2.45. The van der Waals surface area contributed by atoms with Gasteiger partial charge in [-0.15, -0.1) is 0 Å². The first-order valence-corrected chi connectivity index (χ1v) is 15.5. The summed E-state index contributed by atoms with van der Waals surface area (Å²) in [7, 11) is 1.45. The number of hydrogen-bond donors (Lipinski definition) is 0. The molecule has 7 nitrogen and oxygen atoms in total. The average molecular weight is 582 g/mol. The molecule has 0 radical (unpaired) electrons. The molecule has 43 heavy (non-hydrogen) atoms. The molecular weight excluding hydrogens is 538 g/mol. The number of ether oxygens (including phenoxy) is 3. The van der Waals surface area contributed by atoms with Gasteiger partial charge in [0.05, 0.1) is 42.6 Å². The van der Waals surface area contributed by atoms with Crippen LogP contribution in [0.2, 0.25) is 0 Å². The Bertz CT molecular complexity index is 1630. The third-order valence-corrected chi connectivity index (χ3v) is 9.16. The fourth-order valence-electron chi connectivity index (χ4n) is 6.46. The lowest BCUT2D eigenvalue weighted by molar-refractivity contribution is -0.139. The summed E-state index contributed by atoms with van der Waals surface area (Å²) in [4.78, 5) is 15.0. The summed E-state index contributed by atoms with van der Waals surface area (Å²) in [6.07, 6.45) is 6.16. The average Bonchev–Trinajstić information content (AvgIpc) is 3.43. The van der Waals surface area contributed by atoms with Crippen molar-refractivity contribution in [3.63, 3.8) is 0 Å². The molecule has 5 heterocycles. The minimum Gasteiger partial charge on any atom is -0.493 e. The molecule has 1 saturated heterocycles. The highest BCUT2D eigenvalue weighted by atomic mass is 16.5. The van der Waals surface area contributed by atoms with Crippen LogP contribution in [-0.2, 0) is 20.7 Å². The van der Waals surface area contributed by atoms with Gasteiger partial charge in [-0.1, -0.05) is 36.8 Å². The number of carbonyl (C=O) groups excluding carboxylic acids is 1. The normalized spacial score (nSPS) is 21.0. The van der Waals surface area contributed by atoms with Gasteiger partial charge in [0, 0.05) is 37.0 Å². The van der Waals surface area contributed by atoms with E-state index >= 15 is 0 Å². The quantitative estimate of drug-likeness (QED) is 0.234. The van der Waals surface area contributed by atoms with Crippen LogP contribution in [0.15, 0.2) is 54.7 Å². The van der Waals surface area contributed by atoms with Gasteiger partial charge in [-0.3, -0.25) is 4.79 Å². The van der Waals surface area contributed by atoms with Crippen molar-refractivity contribution < 1.29 is 19.0 Å². The number of pyridine rings is 1. The molecule has 3 aliphatic rings. The van der Waals surface area contributed by atoms with E-state index in [0.29, 0.717) is 12.5 Å². The van der Waals surface area contributed by atoms with Gasteiger partial charge in [-0.05, 0) is 93.3 Å². The van der Waals surface area contributed by atoms with E-state index in [-0.39, 0.29) is 18.0 Å². The van der Waals surface area contributed by atoms with Gasteiger partial charge < -0.3 is 19.1 Å². The maximum atomic E-state index is 12.6. The molecule has 7 rings (SSSR count). The number of nitrogens with zero attached hydrogens (tertiary/aromatic N) is 3. The molecule has 1 unspecified atom stereocenters. The van der Waals surface area contributed by atoms with E-state index in [0.717, 1.165) is 95.8 Å². The number of aromatic nitrogens is 2. The lowest BCUT2D eigenvalue weighted by Gasteiger charge is -2.41. The van der Waals surface area contributed by atoms with Crippen LogP contribution in [0.1, 0.15) is 56.2 Å². The number of fused-ring (bicyclic) bond motifs is 8. The fraction of sp³-hybridized carbons (Fsp3) is 0.444. The molecule has 1 fully saturated rings. The van der Waals surface area contributed by atoms with Gasteiger partial charge >= 0.3 is 5.97 Å². The van der Waals surface area contributed by atoms with Crippen molar-refractivity contribution in [2.75, 3.05) is 38.3 Å². The Hall–Kier alpha value is -3.84. The number of aryl methyl sites for hydroxylation is 2. The second-order valence-electron chi connectivity index (χ2n) is 12.7. The molecule has 226 valence electrons. The zero-order chi connectivity index (χ0) is 30.1. The van der Waals surface area contributed by atoms with Crippen LogP contribution in [-0.4, -0.2) is 54.6 Å². The van der Waals surface area contributed by atoms with Gasteiger partial charge in [0.25, 0.3) is 0 Å². The topological polar surface area (TPSA) is 65.3 Å². The second-order valence-corrected chi connectivity index (χ2v) is 12.7. The first kappa shape index (κ1) is 29.2. The fourth-order valence-corrected chi connectivity index (χ4v) is 6.46. The molecule has 0 saturated carbocycles. The van der Waals surface area contributed by atoms with Gasteiger partial charge in [0.2, 0.25) is 0 Å². The Morgan fingerprint density at radius 1 is 1.09 bits per heavy atom. The van der Waals surface area contributed by atoms with E-state index in [1.54, 1.807) is 0 Å². The predicted octanol–water partition coefficient (Wildman–Crippen LogP) is 7.18. The molecule has 0 amide bonds. The van der Waals surface area contributed by atoms with Crippen LogP contribution >= 0.6 is 0 Å². The molecular formula is C36H43N3O4. The van der Waals surface area contributed by atoms with Crippen molar-refractivity contribution in [2.45, 2.75) is 65.4 Å². The number of hydrogen-bond acceptors (Lipinski definition) is 6. The van der Waals surface area contributed by atoms with E-state index in [9.17, 15) is 4.79 Å². The van der Waals surface area contributed by atoms with Gasteiger partial charge in [-0.2, -0.15) is 5.10 Å². The number of benzene rings is 2. The van der Waals surface area contributed by atoms with Gasteiger partial charge in [-0.25, -0.2) is 4.52 Å². The highest BCUT2D eigenvalue weighted by Gasteiger charge is 2.33. The molecule has 4 aromatic rings. The summed E-state index contributed by atoms with van der Waals surface area (Å²) in [5.41, 5.74) is 9.23. The van der Waals surface area contributed by atoms with E-state index < -0.39 is 0 Å². The predicted molar refractivity (Wildman–Crippen MR) is 171 cm³/mol. The number of carbonyl (C=O) groups is 1. The minimum absolute atomic E-state index is 0.164. The van der Waals surface area contributed by atoms with Gasteiger partial charge in [0.1, 0.15) is 5.75 Å². The Balaban J connectivity index is 1.49. The van der Waals surface area contributed by atoms with Crippen LogP contribution in [0.3, 0.4) is 0 Å². The third-order valence-electron chi connectivity index (χ3n) is 9.16. The summed E-state index contributed by atoms with van der Waals surface area (Å²) < 4.78 is 20.0. The standard InChI is InChI=1S/C36H43N3O4/c1-24-11-12-33-30(18-24)27-9-6-10-28(19-27)31-21-32-35(29(20-34(40)41-5)26(3)22-39(32)37-31)38-15-13-36(4,14-16-38)43-17-7-8-25(2)23-42-33/h6,9-12,18-19,21-22,25H,7-8,13-17,20,23H2,1-5H3. The van der Waals surface area contributed by atoms with Crippen LogP contribution < -0.4 is 9.64 Å². The van der Waals surface area contributed by atoms with Crippen molar-refractivity contribution in [1.29, 1.82) is 0 Å². The van der Waals surface area contributed by atoms with Crippen LogP contribution in [0.5, 0.6) is 5.75 Å². The Morgan fingerprint density at radius 2 is 1.88 bits per heavy atom. The smallest absolute Gasteiger partial charge is 0.310 e.